The normalized spacial score (nSPS) is 16.7. The lowest BCUT2D eigenvalue weighted by Crippen LogP contribution is -2.15. The van der Waals surface area contributed by atoms with Gasteiger partial charge in [0.25, 0.3) is 0 Å². The van der Waals surface area contributed by atoms with Gasteiger partial charge in [-0.05, 0) is 36.8 Å². The van der Waals surface area contributed by atoms with Gasteiger partial charge in [-0.2, -0.15) is 0 Å². The molecule has 0 N–H and O–H groups in total. The van der Waals surface area contributed by atoms with Crippen molar-refractivity contribution < 1.29 is 14.3 Å². The minimum atomic E-state index is -0.235. The van der Waals surface area contributed by atoms with Gasteiger partial charge in [-0.25, -0.2) is 9.97 Å². The summed E-state index contributed by atoms with van der Waals surface area (Å²) in [6.45, 7) is 9.90. The largest absolute Gasteiger partial charge is 0.424 e. The summed E-state index contributed by atoms with van der Waals surface area (Å²) in [5.74, 6) is 1.92. The van der Waals surface area contributed by atoms with Crippen LogP contribution < -0.4 is 4.74 Å². The van der Waals surface area contributed by atoms with E-state index in [1.165, 1.54) is 0 Å². The molecule has 4 aromatic rings. The summed E-state index contributed by atoms with van der Waals surface area (Å²) in [5.41, 5.74) is 3.51. The maximum absolute atomic E-state index is 12.6. The van der Waals surface area contributed by atoms with Crippen molar-refractivity contribution in [3.63, 3.8) is 0 Å². The van der Waals surface area contributed by atoms with E-state index < -0.39 is 0 Å². The van der Waals surface area contributed by atoms with E-state index in [1.807, 2.05) is 38.2 Å². The van der Waals surface area contributed by atoms with E-state index in [1.54, 1.807) is 0 Å². The van der Waals surface area contributed by atoms with Crippen molar-refractivity contribution in [3.05, 3.63) is 36.3 Å². The fourth-order valence-electron chi connectivity index (χ4n) is 4.70. The standard InChI is InChI=1S/C26H32N4O3/c1-16(2)12-22-28-25-24(26-27-19-9-5-6-10-20(19)30(22)26)21(33-23(31)13-17(3)4)15-29(25)14-18-8-7-11-32-18/h5-6,9-10,15-18H,7-8,11-14H2,1-4H3/t18-/m1/s1. The molecule has 1 fully saturated rings. The summed E-state index contributed by atoms with van der Waals surface area (Å²) in [4.78, 5) is 22.7. The first-order valence-corrected chi connectivity index (χ1v) is 12.0. The quantitative estimate of drug-likeness (QED) is 0.365. The van der Waals surface area contributed by atoms with Crippen molar-refractivity contribution in [2.75, 3.05) is 6.61 Å². The summed E-state index contributed by atoms with van der Waals surface area (Å²) >= 11 is 0. The average molecular weight is 449 g/mol. The van der Waals surface area contributed by atoms with Crippen molar-refractivity contribution >= 4 is 33.7 Å². The summed E-state index contributed by atoms with van der Waals surface area (Å²) in [6, 6.07) is 8.10. The van der Waals surface area contributed by atoms with Crippen LogP contribution >= 0.6 is 0 Å². The molecule has 4 heterocycles. The number of nitrogens with zero attached hydrogens (tertiary/aromatic N) is 4. The number of benzene rings is 1. The van der Waals surface area contributed by atoms with Crippen LogP contribution in [0.2, 0.25) is 0 Å². The van der Waals surface area contributed by atoms with Crippen molar-refractivity contribution in [1.29, 1.82) is 0 Å². The number of hydrogen-bond acceptors (Lipinski definition) is 5. The fraction of sp³-hybridized carbons (Fsp3) is 0.500. The Morgan fingerprint density at radius 1 is 1.15 bits per heavy atom. The molecule has 1 aliphatic heterocycles. The number of carbonyl (C=O) groups is 1. The van der Waals surface area contributed by atoms with E-state index in [9.17, 15) is 4.79 Å². The Labute approximate surface area is 193 Å². The van der Waals surface area contributed by atoms with Crippen molar-refractivity contribution in [2.24, 2.45) is 11.8 Å². The zero-order chi connectivity index (χ0) is 23.1. The number of ether oxygens (including phenoxy) is 2. The molecule has 174 valence electrons. The molecule has 7 heteroatoms. The highest BCUT2D eigenvalue weighted by Gasteiger charge is 2.25. The molecule has 1 aliphatic rings. The number of esters is 1. The van der Waals surface area contributed by atoms with Gasteiger partial charge in [-0.1, -0.05) is 39.8 Å². The molecule has 1 atom stereocenters. The number of hydrogen-bond donors (Lipinski definition) is 0. The van der Waals surface area contributed by atoms with Crippen LogP contribution in [0.15, 0.2) is 30.5 Å². The molecule has 0 spiro atoms. The van der Waals surface area contributed by atoms with Crippen molar-refractivity contribution in [3.8, 4) is 5.75 Å². The molecule has 1 saturated heterocycles. The number of carbonyl (C=O) groups excluding carboxylic acids is 1. The van der Waals surface area contributed by atoms with Gasteiger partial charge in [0.05, 0.1) is 23.7 Å². The lowest BCUT2D eigenvalue weighted by Gasteiger charge is -2.13. The number of imidazole rings is 1. The molecule has 0 unspecified atom stereocenters. The molecule has 0 bridgehead atoms. The number of para-hydroxylation sites is 2. The van der Waals surface area contributed by atoms with E-state index >= 15 is 0 Å². The molecule has 0 aliphatic carbocycles. The van der Waals surface area contributed by atoms with Gasteiger partial charge >= 0.3 is 5.97 Å². The first kappa shape index (κ1) is 21.9. The molecular weight excluding hydrogens is 416 g/mol. The molecule has 5 rings (SSSR count). The minimum absolute atomic E-state index is 0.144. The minimum Gasteiger partial charge on any atom is -0.424 e. The monoisotopic (exact) mass is 448 g/mol. The Bertz CT molecular complexity index is 1310. The maximum atomic E-state index is 12.6. The van der Waals surface area contributed by atoms with E-state index in [0.29, 0.717) is 24.6 Å². The van der Waals surface area contributed by atoms with Crippen LogP contribution in [0.25, 0.3) is 27.7 Å². The Morgan fingerprint density at radius 2 is 1.97 bits per heavy atom. The highest BCUT2D eigenvalue weighted by Crippen LogP contribution is 2.35. The number of aromatic nitrogens is 4. The molecule has 0 amide bonds. The van der Waals surface area contributed by atoms with E-state index in [2.05, 4.69) is 28.9 Å². The molecule has 0 radical (unpaired) electrons. The van der Waals surface area contributed by atoms with Crippen molar-refractivity contribution in [1.82, 2.24) is 18.9 Å². The van der Waals surface area contributed by atoms with E-state index in [0.717, 1.165) is 59.4 Å². The van der Waals surface area contributed by atoms with Crippen LogP contribution in [-0.4, -0.2) is 37.6 Å². The third kappa shape index (κ3) is 4.22. The second kappa shape index (κ2) is 8.78. The predicted octanol–water partition coefficient (Wildman–Crippen LogP) is 5.17. The maximum Gasteiger partial charge on any atom is 0.311 e. The first-order valence-electron chi connectivity index (χ1n) is 12.0. The Hall–Kier alpha value is -2.93. The smallest absolute Gasteiger partial charge is 0.311 e. The summed E-state index contributed by atoms with van der Waals surface area (Å²) < 4.78 is 16.0. The topological polar surface area (TPSA) is 70.7 Å². The second-order valence-corrected chi connectivity index (χ2v) is 9.94. The molecule has 33 heavy (non-hydrogen) atoms. The van der Waals surface area contributed by atoms with Gasteiger partial charge in [0, 0.05) is 25.6 Å². The van der Waals surface area contributed by atoms with Crippen LogP contribution in [0.3, 0.4) is 0 Å². The van der Waals surface area contributed by atoms with Crippen molar-refractivity contribution in [2.45, 2.75) is 66.0 Å². The molecule has 3 aromatic heterocycles. The predicted molar refractivity (Wildman–Crippen MR) is 129 cm³/mol. The Morgan fingerprint density at radius 3 is 2.70 bits per heavy atom. The van der Waals surface area contributed by atoms with Gasteiger partial charge in [0.15, 0.2) is 11.4 Å². The van der Waals surface area contributed by atoms with Crippen LogP contribution in [0, 0.1) is 11.8 Å². The second-order valence-electron chi connectivity index (χ2n) is 9.94. The number of rotatable bonds is 7. The first-order chi connectivity index (χ1) is 15.9. The lowest BCUT2D eigenvalue weighted by molar-refractivity contribution is -0.135. The Balaban J connectivity index is 1.75. The fourth-order valence-corrected chi connectivity index (χ4v) is 4.70. The highest BCUT2D eigenvalue weighted by molar-refractivity contribution is 6.01. The third-order valence-corrected chi connectivity index (χ3v) is 6.11. The summed E-state index contributed by atoms with van der Waals surface area (Å²) in [5, 5.41) is 0.786. The molecule has 0 saturated carbocycles. The highest BCUT2D eigenvalue weighted by atomic mass is 16.5. The zero-order valence-corrected chi connectivity index (χ0v) is 19.9. The summed E-state index contributed by atoms with van der Waals surface area (Å²) in [6.07, 6.45) is 5.34. The number of fused-ring (bicyclic) bond motifs is 5. The SMILES string of the molecule is CC(C)CC(=O)Oc1cn(C[C@H]2CCCO2)c2nc(CC(C)C)n3c4ccccc4nc3c12. The third-order valence-electron chi connectivity index (χ3n) is 6.11. The van der Waals surface area contributed by atoms with Crippen LogP contribution in [0.4, 0.5) is 0 Å². The molecule has 1 aromatic carbocycles. The van der Waals surface area contributed by atoms with E-state index in [4.69, 9.17) is 19.4 Å². The van der Waals surface area contributed by atoms with Gasteiger partial charge < -0.3 is 14.0 Å². The van der Waals surface area contributed by atoms with Gasteiger partial charge in [0.2, 0.25) is 0 Å². The van der Waals surface area contributed by atoms with Gasteiger partial charge in [-0.3, -0.25) is 9.20 Å². The molecular formula is C26H32N4O3. The van der Waals surface area contributed by atoms with Crippen LogP contribution in [-0.2, 0) is 22.5 Å². The van der Waals surface area contributed by atoms with Gasteiger partial charge in [-0.15, -0.1) is 0 Å². The van der Waals surface area contributed by atoms with Crippen LogP contribution in [0.1, 0.15) is 52.8 Å². The average Bonchev–Trinajstić information content (AvgIpc) is 3.45. The van der Waals surface area contributed by atoms with Gasteiger partial charge in [0.1, 0.15) is 16.9 Å². The Kier molecular flexibility index (Phi) is 5.83. The summed E-state index contributed by atoms with van der Waals surface area (Å²) in [7, 11) is 0. The molecule has 7 nitrogen and oxygen atoms in total. The van der Waals surface area contributed by atoms with Crippen LogP contribution in [0.5, 0.6) is 5.75 Å². The lowest BCUT2D eigenvalue weighted by atomic mass is 10.1. The zero-order valence-electron chi connectivity index (χ0n) is 19.9. The van der Waals surface area contributed by atoms with E-state index in [-0.39, 0.29) is 18.0 Å².